The predicted molar refractivity (Wildman–Crippen MR) is 81.3 cm³/mol. The Bertz CT molecular complexity index is 643. The summed E-state index contributed by atoms with van der Waals surface area (Å²) in [4.78, 5) is 12.2. The standard InChI is InChI=1S/C14H8Br2ClFO/c15-9-4-5-10(11(17)7-9)13(19)6-8-2-1-3-12(18)14(8)16/h1-5,7H,6H2. The highest BCUT2D eigenvalue weighted by atomic mass is 79.9. The van der Waals surface area contributed by atoms with Crippen LogP contribution in [0.25, 0.3) is 0 Å². The Morgan fingerprint density at radius 3 is 2.63 bits per heavy atom. The molecule has 0 aliphatic carbocycles. The van der Waals surface area contributed by atoms with E-state index in [4.69, 9.17) is 11.6 Å². The second-order valence-electron chi connectivity index (χ2n) is 3.94. The maximum Gasteiger partial charge on any atom is 0.168 e. The van der Waals surface area contributed by atoms with Gasteiger partial charge in [-0.1, -0.05) is 39.7 Å². The Kier molecular flexibility index (Phi) is 4.76. The lowest BCUT2D eigenvalue weighted by Gasteiger charge is -2.06. The fourth-order valence-electron chi connectivity index (χ4n) is 1.67. The average Bonchev–Trinajstić information content (AvgIpc) is 2.34. The zero-order valence-electron chi connectivity index (χ0n) is 9.59. The Hall–Kier alpha value is -0.710. The highest BCUT2D eigenvalue weighted by molar-refractivity contribution is 9.10. The van der Waals surface area contributed by atoms with Crippen LogP contribution in [0.4, 0.5) is 4.39 Å². The van der Waals surface area contributed by atoms with Gasteiger partial charge >= 0.3 is 0 Å². The van der Waals surface area contributed by atoms with Crippen LogP contribution in [-0.4, -0.2) is 5.78 Å². The fraction of sp³-hybridized carbons (Fsp3) is 0.0714. The van der Waals surface area contributed by atoms with Crippen molar-refractivity contribution in [2.75, 3.05) is 0 Å². The maximum atomic E-state index is 13.4. The summed E-state index contributed by atoms with van der Waals surface area (Å²) < 4.78 is 14.5. The molecule has 98 valence electrons. The summed E-state index contributed by atoms with van der Waals surface area (Å²) in [6.07, 6.45) is 0.0969. The third-order valence-corrected chi connectivity index (χ3v) is 4.31. The molecule has 0 radical (unpaired) electrons. The monoisotopic (exact) mass is 404 g/mol. The van der Waals surface area contributed by atoms with Gasteiger partial charge in [0.05, 0.1) is 9.50 Å². The topological polar surface area (TPSA) is 17.1 Å². The molecule has 2 rings (SSSR count). The normalized spacial score (nSPS) is 10.5. The molecule has 0 bridgehead atoms. The third-order valence-electron chi connectivity index (χ3n) is 2.61. The minimum absolute atomic E-state index is 0.0969. The van der Waals surface area contributed by atoms with E-state index in [1.165, 1.54) is 6.07 Å². The van der Waals surface area contributed by atoms with E-state index in [9.17, 15) is 9.18 Å². The van der Waals surface area contributed by atoms with E-state index in [-0.39, 0.29) is 18.0 Å². The summed E-state index contributed by atoms with van der Waals surface area (Å²) in [6.45, 7) is 0. The molecule has 2 aromatic carbocycles. The molecule has 1 nitrogen and oxygen atoms in total. The summed E-state index contributed by atoms with van der Waals surface area (Å²) in [6, 6.07) is 9.69. The van der Waals surface area contributed by atoms with Crippen molar-refractivity contribution in [1.82, 2.24) is 0 Å². The zero-order valence-corrected chi connectivity index (χ0v) is 13.5. The van der Waals surface area contributed by atoms with E-state index in [1.807, 2.05) is 0 Å². The van der Waals surface area contributed by atoms with Gasteiger partial charge < -0.3 is 0 Å². The highest BCUT2D eigenvalue weighted by Gasteiger charge is 2.14. The minimum atomic E-state index is -0.382. The molecule has 0 atom stereocenters. The lowest BCUT2D eigenvalue weighted by atomic mass is 10.0. The molecule has 0 heterocycles. The van der Waals surface area contributed by atoms with Crippen LogP contribution in [0.2, 0.25) is 5.02 Å². The summed E-state index contributed by atoms with van der Waals surface area (Å²) in [5.41, 5.74) is 1.03. The molecule has 2 aromatic rings. The van der Waals surface area contributed by atoms with Crippen molar-refractivity contribution in [2.24, 2.45) is 0 Å². The molecule has 0 amide bonds. The van der Waals surface area contributed by atoms with Crippen LogP contribution in [0.15, 0.2) is 45.3 Å². The third kappa shape index (κ3) is 3.44. The second-order valence-corrected chi connectivity index (χ2v) is 6.05. The van der Waals surface area contributed by atoms with Crippen molar-refractivity contribution in [2.45, 2.75) is 6.42 Å². The van der Waals surface area contributed by atoms with Crippen LogP contribution >= 0.6 is 43.5 Å². The molecular weight excluding hydrogens is 398 g/mol. The van der Waals surface area contributed by atoms with Gasteiger partial charge in [-0.25, -0.2) is 4.39 Å². The Balaban J connectivity index is 2.28. The van der Waals surface area contributed by atoms with Crippen molar-refractivity contribution in [1.29, 1.82) is 0 Å². The first-order chi connectivity index (χ1) is 8.99. The van der Waals surface area contributed by atoms with Crippen LogP contribution in [-0.2, 0) is 6.42 Å². The summed E-state index contributed by atoms with van der Waals surface area (Å²) in [7, 11) is 0. The van der Waals surface area contributed by atoms with Gasteiger partial charge in [-0.2, -0.15) is 0 Å². The van der Waals surface area contributed by atoms with E-state index in [0.717, 1.165) is 4.47 Å². The van der Waals surface area contributed by atoms with Crippen LogP contribution in [0.3, 0.4) is 0 Å². The first-order valence-corrected chi connectivity index (χ1v) is 7.36. The van der Waals surface area contributed by atoms with Crippen LogP contribution < -0.4 is 0 Å². The van der Waals surface area contributed by atoms with Gasteiger partial charge in [0.15, 0.2) is 5.78 Å². The first-order valence-electron chi connectivity index (χ1n) is 5.40. The van der Waals surface area contributed by atoms with Crippen molar-refractivity contribution >= 4 is 49.2 Å². The Labute approximate surface area is 132 Å². The largest absolute Gasteiger partial charge is 0.294 e. The van der Waals surface area contributed by atoms with Gasteiger partial charge in [0.2, 0.25) is 0 Å². The molecule has 19 heavy (non-hydrogen) atoms. The summed E-state index contributed by atoms with van der Waals surface area (Å²) >= 11 is 12.4. The van der Waals surface area contributed by atoms with Crippen molar-refractivity contribution < 1.29 is 9.18 Å². The van der Waals surface area contributed by atoms with Gasteiger partial charge in [-0.3, -0.25) is 4.79 Å². The molecule has 0 N–H and O–H groups in total. The molecule has 0 aromatic heterocycles. The lowest BCUT2D eigenvalue weighted by molar-refractivity contribution is 0.0993. The van der Waals surface area contributed by atoms with Crippen LogP contribution in [0.5, 0.6) is 0 Å². The molecule has 0 aliphatic heterocycles. The summed E-state index contributed by atoms with van der Waals surface area (Å²) in [5.74, 6) is -0.531. The summed E-state index contributed by atoms with van der Waals surface area (Å²) in [5, 5.41) is 0.381. The first kappa shape index (κ1) is 14.7. The molecule has 0 fully saturated rings. The van der Waals surface area contributed by atoms with E-state index < -0.39 is 0 Å². The number of ketones is 1. The SMILES string of the molecule is O=C(Cc1cccc(F)c1Br)c1ccc(Br)cc1Cl. The number of hydrogen-bond acceptors (Lipinski definition) is 1. The van der Waals surface area contributed by atoms with E-state index >= 15 is 0 Å². The number of benzene rings is 2. The van der Waals surface area contributed by atoms with E-state index in [2.05, 4.69) is 31.9 Å². The number of carbonyl (C=O) groups excluding carboxylic acids is 1. The van der Waals surface area contributed by atoms with Gasteiger partial charge in [-0.15, -0.1) is 0 Å². The molecule has 0 spiro atoms. The number of Topliss-reactive ketones (excluding diaryl/α,β-unsaturated/α-hetero) is 1. The van der Waals surface area contributed by atoms with Gasteiger partial charge in [0, 0.05) is 16.5 Å². The van der Waals surface area contributed by atoms with Gasteiger partial charge in [-0.05, 0) is 45.8 Å². The van der Waals surface area contributed by atoms with Crippen molar-refractivity contribution in [3.63, 3.8) is 0 Å². The smallest absolute Gasteiger partial charge is 0.168 e. The zero-order chi connectivity index (χ0) is 14.0. The molecular formula is C14H8Br2ClFO. The highest BCUT2D eigenvalue weighted by Crippen LogP contribution is 2.25. The van der Waals surface area contributed by atoms with Crippen molar-refractivity contribution in [3.8, 4) is 0 Å². The molecule has 0 saturated carbocycles. The second kappa shape index (κ2) is 6.16. The van der Waals surface area contributed by atoms with Crippen molar-refractivity contribution in [3.05, 3.63) is 67.3 Å². The van der Waals surface area contributed by atoms with E-state index in [1.54, 1.807) is 30.3 Å². The Morgan fingerprint density at radius 2 is 1.95 bits per heavy atom. The van der Waals surface area contributed by atoms with E-state index in [0.29, 0.717) is 20.6 Å². The lowest BCUT2D eigenvalue weighted by Crippen LogP contribution is -2.05. The minimum Gasteiger partial charge on any atom is -0.294 e. The molecule has 0 saturated heterocycles. The number of halogens is 4. The number of carbonyl (C=O) groups is 1. The van der Waals surface area contributed by atoms with Gasteiger partial charge in [0.1, 0.15) is 5.82 Å². The maximum absolute atomic E-state index is 13.4. The molecule has 5 heteroatoms. The van der Waals surface area contributed by atoms with Crippen LogP contribution in [0.1, 0.15) is 15.9 Å². The number of rotatable bonds is 3. The van der Waals surface area contributed by atoms with Gasteiger partial charge in [0.25, 0.3) is 0 Å². The molecule has 0 aliphatic rings. The number of hydrogen-bond donors (Lipinski definition) is 0. The predicted octanol–water partition coefficient (Wildman–Crippen LogP) is 5.43. The quantitative estimate of drug-likeness (QED) is 0.621. The average molecular weight is 406 g/mol. The Morgan fingerprint density at radius 1 is 1.21 bits per heavy atom. The molecule has 0 unspecified atom stereocenters. The fourth-order valence-corrected chi connectivity index (χ4v) is 2.85. The van der Waals surface area contributed by atoms with Crippen LogP contribution in [0, 0.1) is 5.82 Å².